The molecule has 15 heavy (non-hydrogen) atoms. The van der Waals surface area contributed by atoms with Crippen LogP contribution in [-0.2, 0) is 4.79 Å². The van der Waals surface area contributed by atoms with Gasteiger partial charge >= 0.3 is 0 Å². The van der Waals surface area contributed by atoms with Crippen molar-refractivity contribution >= 4 is 17.5 Å². The highest BCUT2D eigenvalue weighted by atomic mass is 35.5. The summed E-state index contributed by atoms with van der Waals surface area (Å²) in [5, 5.41) is 2.96. The highest BCUT2D eigenvalue weighted by molar-refractivity contribution is 6.18. The zero-order chi connectivity index (χ0) is 11.1. The molecule has 0 aromatic rings. The number of rotatable bonds is 4. The molecule has 0 aliphatic carbocycles. The lowest BCUT2D eigenvalue weighted by molar-refractivity contribution is -0.119. The number of hydrogen-bond acceptors (Lipinski definition) is 2. The molecule has 3 nitrogen and oxygen atoms in total. The van der Waals surface area contributed by atoms with Crippen LogP contribution in [0.4, 0.5) is 0 Å². The Kier molecular flexibility index (Phi) is 5.73. The minimum absolute atomic E-state index is 0.0792. The minimum Gasteiger partial charge on any atom is -0.354 e. The number of hydrogen-bond donors (Lipinski definition) is 1. The average Bonchev–Trinajstić information content (AvgIpc) is 2.20. The van der Waals surface area contributed by atoms with Gasteiger partial charge in [-0.2, -0.15) is 0 Å². The number of piperidine rings is 1. The van der Waals surface area contributed by atoms with Crippen LogP contribution < -0.4 is 5.32 Å². The Morgan fingerprint density at radius 1 is 1.47 bits per heavy atom. The lowest BCUT2D eigenvalue weighted by Gasteiger charge is -2.31. The molecule has 0 unspecified atom stereocenters. The third kappa shape index (κ3) is 5.19. The topological polar surface area (TPSA) is 32.3 Å². The molecule has 1 N–H and O–H groups in total. The predicted molar refractivity (Wildman–Crippen MR) is 63.1 cm³/mol. The van der Waals surface area contributed by atoms with E-state index in [1.165, 1.54) is 0 Å². The van der Waals surface area contributed by atoms with E-state index in [4.69, 9.17) is 11.6 Å². The van der Waals surface area contributed by atoms with Gasteiger partial charge in [0.1, 0.15) is 0 Å². The average molecular weight is 231 g/mol. The van der Waals surface area contributed by atoms with Crippen molar-refractivity contribution in [1.82, 2.24) is 10.2 Å². The number of nitrogens with zero attached hydrogens (tertiary/aromatic N) is 1. The molecular weight excluding hydrogens is 212 g/mol. The van der Waals surface area contributed by atoms with Crippen LogP contribution in [0, 0.1) is 0 Å². The van der Waals surface area contributed by atoms with Gasteiger partial charge in [-0.05, 0) is 12.8 Å². The molecule has 1 aliphatic rings. The first kappa shape index (κ1) is 12.5. The van der Waals surface area contributed by atoms with Crippen molar-refractivity contribution in [2.24, 2.45) is 0 Å². The maximum absolute atomic E-state index is 10.9. The monoisotopic (exact) mass is 230 g/mol. The van der Waals surface area contributed by atoms with E-state index in [-0.39, 0.29) is 5.91 Å². The summed E-state index contributed by atoms with van der Waals surface area (Å²) in [6.45, 7) is 4.66. The van der Waals surface area contributed by atoms with Gasteiger partial charge < -0.3 is 5.32 Å². The molecule has 1 heterocycles. The van der Waals surface area contributed by atoms with E-state index in [1.807, 2.05) is 6.08 Å². The van der Waals surface area contributed by atoms with Gasteiger partial charge in [-0.1, -0.05) is 12.2 Å². The summed E-state index contributed by atoms with van der Waals surface area (Å²) in [6, 6.07) is 0.371. The maximum atomic E-state index is 10.9. The highest BCUT2D eigenvalue weighted by Crippen LogP contribution is 2.09. The number of halogens is 1. The Bertz CT molecular complexity index is 223. The van der Waals surface area contributed by atoms with Gasteiger partial charge in [-0.25, -0.2) is 0 Å². The van der Waals surface area contributed by atoms with Crippen molar-refractivity contribution in [3.63, 3.8) is 0 Å². The molecule has 1 fully saturated rings. The molecule has 0 atom stereocenters. The second kappa shape index (κ2) is 6.85. The van der Waals surface area contributed by atoms with E-state index in [9.17, 15) is 4.79 Å². The summed E-state index contributed by atoms with van der Waals surface area (Å²) in [6.07, 6.45) is 6.18. The molecule has 1 aliphatic heterocycles. The predicted octanol–water partition coefficient (Wildman–Crippen LogP) is 1.38. The lowest BCUT2D eigenvalue weighted by Crippen LogP contribution is -2.43. The summed E-state index contributed by atoms with van der Waals surface area (Å²) in [5.41, 5.74) is 0. The molecule has 0 saturated carbocycles. The second-order valence-corrected chi connectivity index (χ2v) is 4.21. The Hall–Kier alpha value is -0.540. The second-order valence-electron chi connectivity index (χ2n) is 3.90. The van der Waals surface area contributed by atoms with E-state index in [2.05, 4.69) is 16.3 Å². The molecule has 0 bridgehead atoms. The SMILES string of the molecule is CC(=O)NC1CCN(C/C=C/CCl)CC1. The summed E-state index contributed by atoms with van der Waals surface area (Å²) in [5.74, 6) is 0.665. The van der Waals surface area contributed by atoms with Gasteiger partial charge in [-0.15, -0.1) is 11.6 Å². The molecule has 4 heteroatoms. The van der Waals surface area contributed by atoms with Crippen LogP contribution in [0.2, 0.25) is 0 Å². The van der Waals surface area contributed by atoms with Crippen molar-refractivity contribution in [1.29, 1.82) is 0 Å². The zero-order valence-corrected chi connectivity index (χ0v) is 9.96. The minimum atomic E-state index is 0.0792. The highest BCUT2D eigenvalue weighted by Gasteiger charge is 2.18. The van der Waals surface area contributed by atoms with Gasteiger partial charge in [0.05, 0.1) is 0 Å². The molecular formula is C11H19ClN2O. The summed E-state index contributed by atoms with van der Waals surface area (Å²) in [7, 11) is 0. The summed E-state index contributed by atoms with van der Waals surface area (Å²) < 4.78 is 0. The van der Waals surface area contributed by atoms with E-state index >= 15 is 0 Å². The lowest BCUT2D eigenvalue weighted by atomic mass is 10.1. The van der Waals surface area contributed by atoms with Crippen LogP contribution in [0.3, 0.4) is 0 Å². The largest absolute Gasteiger partial charge is 0.354 e. The number of likely N-dealkylation sites (tertiary alicyclic amines) is 1. The van der Waals surface area contributed by atoms with Gasteiger partial charge in [-0.3, -0.25) is 9.69 Å². The fourth-order valence-corrected chi connectivity index (χ4v) is 1.96. The number of carbonyl (C=O) groups is 1. The molecule has 86 valence electrons. The van der Waals surface area contributed by atoms with Crippen LogP contribution in [-0.4, -0.2) is 42.4 Å². The first-order valence-electron chi connectivity index (χ1n) is 5.43. The number of carbonyl (C=O) groups excluding carboxylic acids is 1. The smallest absolute Gasteiger partial charge is 0.217 e. The number of amides is 1. The van der Waals surface area contributed by atoms with Gasteiger partial charge in [0, 0.05) is 38.5 Å². The third-order valence-electron chi connectivity index (χ3n) is 2.61. The molecule has 0 aromatic heterocycles. The summed E-state index contributed by atoms with van der Waals surface area (Å²) in [4.78, 5) is 13.2. The molecule has 1 saturated heterocycles. The van der Waals surface area contributed by atoms with Crippen LogP contribution in [0.25, 0.3) is 0 Å². The van der Waals surface area contributed by atoms with Crippen molar-refractivity contribution < 1.29 is 4.79 Å². The van der Waals surface area contributed by atoms with Crippen LogP contribution in [0.1, 0.15) is 19.8 Å². The number of nitrogens with one attached hydrogen (secondary N) is 1. The van der Waals surface area contributed by atoms with Crippen LogP contribution in [0.5, 0.6) is 0 Å². The maximum Gasteiger partial charge on any atom is 0.217 e. The van der Waals surface area contributed by atoms with Crippen molar-refractivity contribution in [2.75, 3.05) is 25.5 Å². The molecule has 1 rings (SSSR count). The molecule has 1 amide bonds. The van der Waals surface area contributed by atoms with Crippen molar-refractivity contribution in [3.05, 3.63) is 12.2 Å². The van der Waals surface area contributed by atoms with Gasteiger partial charge in [0.15, 0.2) is 0 Å². The van der Waals surface area contributed by atoms with Crippen molar-refractivity contribution in [3.8, 4) is 0 Å². The zero-order valence-electron chi connectivity index (χ0n) is 9.21. The fourth-order valence-electron chi connectivity index (χ4n) is 1.83. The molecule has 0 aromatic carbocycles. The number of allylic oxidation sites excluding steroid dienone is 1. The molecule has 0 spiro atoms. The van der Waals surface area contributed by atoms with Gasteiger partial charge in [0.2, 0.25) is 5.91 Å². The van der Waals surface area contributed by atoms with E-state index in [0.29, 0.717) is 11.9 Å². The third-order valence-corrected chi connectivity index (χ3v) is 2.79. The standard InChI is InChI=1S/C11H19ClN2O/c1-10(15)13-11-4-8-14(9-5-11)7-3-2-6-12/h2-3,11H,4-9H2,1H3,(H,13,15)/b3-2+. The molecule has 0 radical (unpaired) electrons. The number of alkyl halides is 1. The normalized spacial score (nSPS) is 19.6. The van der Waals surface area contributed by atoms with E-state index in [0.717, 1.165) is 32.5 Å². The Morgan fingerprint density at radius 2 is 2.13 bits per heavy atom. The Balaban J connectivity index is 2.18. The Morgan fingerprint density at radius 3 is 2.67 bits per heavy atom. The first-order valence-corrected chi connectivity index (χ1v) is 5.96. The van der Waals surface area contributed by atoms with Crippen molar-refractivity contribution in [2.45, 2.75) is 25.8 Å². The first-order chi connectivity index (χ1) is 7.22. The van der Waals surface area contributed by atoms with E-state index < -0.39 is 0 Å². The van der Waals surface area contributed by atoms with E-state index in [1.54, 1.807) is 6.92 Å². The summed E-state index contributed by atoms with van der Waals surface area (Å²) >= 11 is 5.55. The fraction of sp³-hybridized carbons (Fsp3) is 0.727. The Labute approximate surface area is 96.5 Å². The quantitative estimate of drug-likeness (QED) is 0.585. The van der Waals surface area contributed by atoms with Crippen LogP contribution in [0.15, 0.2) is 12.2 Å². The van der Waals surface area contributed by atoms with Crippen LogP contribution >= 0.6 is 11.6 Å². The van der Waals surface area contributed by atoms with Gasteiger partial charge in [0.25, 0.3) is 0 Å².